The van der Waals surface area contributed by atoms with Crippen LogP contribution in [0.3, 0.4) is 0 Å². The molecule has 1 aromatic carbocycles. The van der Waals surface area contributed by atoms with Crippen LogP contribution in [0.25, 0.3) is 0 Å². The highest BCUT2D eigenvalue weighted by Crippen LogP contribution is 2.41. The van der Waals surface area contributed by atoms with Crippen LogP contribution in [0.15, 0.2) is 24.3 Å². The highest BCUT2D eigenvalue weighted by atomic mass is 19.1. The molecular weight excluding hydrogens is 355 g/mol. The third-order valence-corrected chi connectivity index (χ3v) is 6.74. The van der Waals surface area contributed by atoms with Gasteiger partial charge in [0.15, 0.2) is 0 Å². The average molecular weight is 389 g/mol. The minimum absolute atomic E-state index is 0.0262. The van der Waals surface area contributed by atoms with Crippen molar-refractivity contribution < 1.29 is 13.9 Å². The lowest BCUT2D eigenvalue weighted by Gasteiger charge is -2.31. The molecule has 2 aliphatic carbocycles. The number of hydrogen-bond donors (Lipinski definition) is 2. The van der Waals surface area contributed by atoms with E-state index in [0.717, 1.165) is 63.3 Å². The molecule has 0 radical (unpaired) electrons. The Morgan fingerprint density at radius 3 is 2.71 bits per heavy atom. The zero-order valence-corrected chi connectivity index (χ0v) is 16.9. The lowest BCUT2D eigenvalue weighted by molar-refractivity contribution is 0.0662. The molecule has 2 saturated carbocycles. The number of amides is 1. The molecule has 0 spiro atoms. The molecule has 3 aliphatic rings. The molecule has 1 aliphatic heterocycles. The van der Waals surface area contributed by atoms with Crippen LogP contribution in [0, 0.1) is 5.92 Å². The SMILES string of the molecule is CC1(F)CCC(NC(=O)c2cccc(C3CC3NCC3CCOCC3)c2)CC1. The van der Waals surface area contributed by atoms with Crippen molar-refractivity contribution in [1.82, 2.24) is 10.6 Å². The zero-order valence-electron chi connectivity index (χ0n) is 16.9. The van der Waals surface area contributed by atoms with E-state index in [1.165, 1.54) is 5.56 Å². The second kappa shape index (κ2) is 8.50. The van der Waals surface area contributed by atoms with E-state index in [1.807, 2.05) is 18.2 Å². The summed E-state index contributed by atoms with van der Waals surface area (Å²) in [5, 5.41) is 6.81. The van der Waals surface area contributed by atoms with Gasteiger partial charge in [-0.25, -0.2) is 4.39 Å². The van der Waals surface area contributed by atoms with Crippen molar-refractivity contribution in [1.29, 1.82) is 0 Å². The van der Waals surface area contributed by atoms with E-state index < -0.39 is 5.67 Å². The standard InChI is InChI=1S/C23H33FN2O2/c1-23(24)9-5-19(6-10-23)26-22(27)18-4-2-3-17(13-18)20-14-21(20)25-15-16-7-11-28-12-8-16/h2-4,13,16,19-21,25H,5-12,14-15H2,1H3,(H,26,27). The third kappa shape index (κ3) is 5.12. The van der Waals surface area contributed by atoms with Crippen molar-refractivity contribution >= 4 is 5.91 Å². The van der Waals surface area contributed by atoms with Crippen molar-refractivity contribution in [3.05, 3.63) is 35.4 Å². The lowest BCUT2D eigenvalue weighted by atomic mass is 9.85. The monoisotopic (exact) mass is 388 g/mol. The second-order valence-electron chi connectivity index (χ2n) is 9.20. The first-order valence-corrected chi connectivity index (χ1v) is 10.9. The molecule has 0 aromatic heterocycles. The molecule has 28 heavy (non-hydrogen) atoms. The number of benzene rings is 1. The van der Waals surface area contributed by atoms with Crippen LogP contribution in [-0.4, -0.2) is 43.4 Å². The molecule has 4 nitrogen and oxygen atoms in total. The lowest BCUT2D eigenvalue weighted by Crippen LogP contribution is -2.40. The largest absolute Gasteiger partial charge is 0.381 e. The van der Waals surface area contributed by atoms with Crippen LogP contribution in [0.2, 0.25) is 0 Å². The van der Waals surface area contributed by atoms with Crippen LogP contribution in [0.4, 0.5) is 4.39 Å². The van der Waals surface area contributed by atoms with Crippen molar-refractivity contribution in [3.8, 4) is 0 Å². The molecule has 0 bridgehead atoms. The summed E-state index contributed by atoms with van der Waals surface area (Å²) in [4.78, 5) is 12.7. The van der Waals surface area contributed by atoms with E-state index >= 15 is 0 Å². The maximum atomic E-state index is 13.9. The molecule has 1 amide bonds. The van der Waals surface area contributed by atoms with Crippen molar-refractivity contribution in [2.24, 2.45) is 5.92 Å². The number of alkyl halides is 1. The number of hydrogen-bond acceptors (Lipinski definition) is 3. The third-order valence-electron chi connectivity index (χ3n) is 6.74. The normalized spacial score (nSPS) is 33.4. The van der Waals surface area contributed by atoms with Gasteiger partial charge in [-0.2, -0.15) is 0 Å². The van der Waals surface area contributed by atoms with Gasteiger partial charge in [0.2, 0.25) is 0 Å². The van der Waals surface area contributed by atoms with Gasteiger partial charge in [0.25, 0.3) is 5.91 Å². The molecule has 5 heteroatoms. The summed E-state index contributed by atoms with van der Waals surface area (Å²) < 4.78 is 19.4. The average Bonchev–Trinajstić information content (AvgIpc) is 3.49. The summed E-state index contributed by atoms with van der Waals surface area (Å²) in [6.07, 6.45) is 5.96. The summed E-state index contributed by atoms with van der Waals surface area (Å²) in [7, 11) is 0. The molecule has 1 saturated heterocycles. The van der Waals surface area contributed by atoms with Crippen molar-refractivity contribution in [3.63, 3.8) is 0 Å². The first-order chi connectivity index (χ1) is 13.5. The Labute approximate surface area is 167 Å². The Kier molecular flexibility index (Phi) is 6.02. The number of carbonyl (C=O) groups is 1. The Morgan fingerprint density at radius 1 is 1.21 bits per heavy atom. The maximum absolute atomic E-state index is 13.9. The Bertz CT molecular complexity index is 677. The van der Waals surface area contributed by atoms with E-state index in [0.29, 0.717) is 24.8 Å². The minimum atomic E-state index is -1.07. The number of halogens is 1. The van der Waals surface area contributed by atoms with Gasteiger partial charge in [0.05, 0.1) is 0 Å². The number of ether oxygens (including phenoxy) is 1. The van der Waals surface area contributed by atoms with Gasteiger partial charge < -0.3 is 15.4 Å². The number of carbonyl (C=O) groups excluding carboxylic acids is 1. The topological polar surface area (TPSA) is 50.4 Å². The molecule has 4 rings (SSSR count). The van der Waals surface area contributed by atoms with Crippen LogP contribution >= 0.6 is 0 Å². The summed E-state index contributed by atoms with van der Waals surface area (Å²) in [6, 6.07) is 8.66. The Hall–Kier alpha value is -1.46. The molecule has 2 unspecified atom stereocenters. The van der Waals surface area contributed by atoms with E-state index in [-0.39, 0.29) is 11.9 Å². The van der Waals surface area contributed by atoms with Crippen molar-refractivity contribution in [2.75, 3.05) is 19.8 Å². The molecule has 2 N–H and O–H groups in total. The highest BCUT2D eigenvalue weighted by molar-refractivity contribution is 5.94. The first-order valence-electron chi connectivity index (χ1n) is 10.9. The van der Waals surface area contributed by atoms with Gasteiger partial charge >= 0.3 is 0 Å². The van der Waals surface area contributed by atoms with E-state index in [4.69, 9.17) is 4.74 Å². The van der Waals surface area contributed by atoms with Gasteiger partial charge in [0.1, 0.15) is 5.67 Å². The van der Waals surface area contributed by atoms with Crippen LogP contribution in [-0.2, 0) is 4.74 Å². The number of nitrogens with one attached hydrogen (secondary N) is 2. The van der Waals surface area contributed by atoms with E-state index in [9.17, 15) is 9.18 Å². The zero-order chi connectivity index (χ0) is 19.6. The van der Waals surface area contributed by atoms with Gasteiger partial charge in [-0.3, -0.25) is 4.79 Å². The molecule has 1 heterocycles. The molecule has 1 aromatic rings. The van der Waals surface area contributed by atoms with Crippen LogP contribution in [0.1, 0.15) is 73.7 Å². The quantitative estimate of drug-likeness (QED) is 0.776. The fraction of sp³-hybridized carbons (Fsp3) is 0.696. The fourth-order valence-electron chi connectivity index (χ4n) is 4.60. The Morgan fingerprint density at radius 2 is 1.96 bits per heavy atom. The molecular formula is C23H33FN2O2. The molecule has 3 fully saturated rings. The summed E-state index contributed by atoms with van der Waals surface area (Å²) >= 11 is 0. The summed E-state index contributed by atoms with van der Waals surface area (Å²) in [6.45, 7) is 4.52. The Balaban J connectivity index is 1.27. The van der Waals surface area contributed by atoms with E-state index in [1.54, 1.807) is 6.92 Å². The van der Waals surface area contributed by atoms with Crippen LogP contribution in [0.5, 0.6) is 0 Å². The van der Waals surface area contributed by atoms with Gasteiger partial charge in [0, 0.05) is 36.8 Å². The maximum Gasteiger partial charge on any atom is 0.251 e. The minimum Gasteiger partial charge on any atom is -0.381 e. The predicted molar refractivity (Wildman–Crippen MR) is 108 cm³/mol. The second-order valence-corrected chi connectivity index (χ2v) is 9.20. The summed E-state index contributed by atoms with van der Waals surface area (Å²) in [5.74, 6) is 1.21. The predicted octanol–water partition coefficient (Wildman–Crippen LogP) is 3.96. The number of rotatable bonds is 6. The first kappa shape index (κ1) is 19.8. The van der Waals surface area contributed by atoms with Crippen molar-refractivity contribution in [2.45, 2.75) is 75.5 Å². The van der Waals surface area contributed by atoms with Gasteiger partial charge in [-0.05, 0) is 82.0 Å². The highest BCUT2D eigenvalue weighted by Gasteiger charge is 2.38. The molecule has 2 atom stereocenters. The van der Waals surface area contributed by atoms with Gasteiger partial charge in [-0.15, -0.1) is 0 Å². The van der Waals surface area contributed by atoms with Crippen LogP contribution < -0.4 is 10.6 Å². The summed E-state index contributed by atoms with van der Waals surface area (Å²) in [5.41, 5.74) is 0.901. The fourth-order valence-corrected chi connectivity index (χ4v) is 4.60. The molecule has 154 valence electrons. The van der Waals surface area contributed by atoms with E-state index in [2.05, 4.69) is 16.7 Å². The van der Waals surface area contributed by atoms with Gasteiger partial charge in [-0.1, -0.05) is 12.1 Å². The smallest absolute Gasteiger partial charge is 0.251 e.